The first-order valence-corrected chi connectivity index (χ1v) is 10.4. The smallest absolute Gasteiger partial charge is 0.259 e. The van der Waals surface area contributed by atoms with Crippen LogP contribution in [-0.4, -0.2) is 26.7 Å². The summed E-state index contributed by atoms with van der Waals surface area (Å²) in [6, 6.07) is 13.9. The van der Waals surface area contributed by atoms with E-state index in [0.29, 0.717) is 22.7 Å². The number of aryl methyl sites for hydroxylation is 1. The SMILES string of the molecule is CC1CCc2ccccc2N1C(=O)c1cc(-c2ccco2)nc2c1cnn2C(C)C. The molecular formula is C24H24N4O2. The van der Waals surface area contributed by atoms with E-state index in [1.807, 2.05) is 46.0 Å². The van der Waals surface area contributed by atoms with Gasteiger partial charge in [0.2, 0.25) is 0 Å². The van der Waals surface area contributed by atoms with Gasteiger partial charge in [0.1, 0.15) is 5.69 Å². The molecule has 4 heterocycles. The molecule has 0 radical (unpaired) electrons. The van der Waals surface area contributed by atoms with Gasteiger partial charge in [-0.05, 0) is 63.4 Å². The van der Waals surface area contributed by atoms with Crippen LogP contribution < -0.4 is 4.90 Å². The summed E-state index contributed by atoms with van der Waals surface area (Å²) in [5, 5.41) is 5.28. The molecule has 5 rings (SSSR count). The Morgan fingerprint density at radius 3 is 2.80 bits per heavy atom. The molecule has 1 aromatic carbocycles. The van der Waals surface area contributed by atoms with Gasteiger partial charge in [0.05, 0.1) is 23.4 Å². The lowest BCUT2D eigenvalue weighted by Crippen LogP contribution is -2.42. The summed E-state index contributed by atoms with van der Waals surface area (Å²) in [6.45, 7) is 6.22. The number of para-hydroxylation sites is 1. The van der Waals surface area contributed by atoms with Gasteiger partial charge in [0, 0.05) is 17.8 Å². The van der Waals surface area contributed by atoms with Crippen LogP contribution in [0.1, 0.15) is 49.2 Å². The third-order valence-corrected chi connectivity index (χ3v) is 5.80. The van der Waals surface area contributed by atoms with Crippen LogP contribution in [0.3, 0.4) is 0 Å². The molecule has 0 N–H and O–H groups in total. The van der Waals surface area contributed by atoms with Gasteiger partial charge >= 0.3 is 0 Å². The maximum Gasteiger partial charge on any atom is 0.259 e. The number of amides is 1. The lowest BCUT2D eigenvalue weighted by Gasteiger charge is -2.35. The second-order valence-electron chi connectivity index (χ2n) is 8.14. The lowest BCUT2D eigenvalue weighted by molar-refractivity contribution is 0.0977. The first-order valence-electron chi connectivity index (χ1n) is 10.4. The van der Waals surface area contributed by atoms with E-state index in [0.717, 1.165) is 23.9 Å². The summed E-state index contributed by atoms with van der Waals surface area (Å²) >= 11 is 0. The van der Waals surface area contributed by atoms with Crippen LogP contribution in [0.25, 0.3) is 22.5 Å². The van der Waals surface area contributed by atoms with Crippen molar-refractivity contribution in [1.82, 2.24) is 14.8 Å². The Morgan fingerprint density at radius 2 is 2.03 bits per heavy atom. The molecule has 3 aromatic heterocycles. The quantitative estimate of drug-likeness (QED) is 0.471. The summed E-state index contributed by atoms with van der Waals surface area (Å²) in [5.41, 5.74) is 4.12. The maximum absolute atomic E-state index is 13.9. The molecule has 0 aliphatic carbocycles. The van der Waals surface area contributed by atoms with E-state index in [2.05, 4.69) is 31.9 Å². The zero-order valence-corrected chi connectivity index (χ0v) is 17.4. The maximum atomic E-state index is 13.9. The number of furan rings is 1. The van der Waals surface area contributed by atoms with Crippen molar-refractivity contribution >= 4 is 22.6 Å². The van der Waals surface area contributed by atoms with Gasteiger partial charge in [-0.25, -0.2) is 9.67 Å². The molecule has 6 heteroatoms. The molecule has 0 spiro atoms. The first-order chi connectivity index (χ1) is 14.5. The van der Waals surface area contributed by atoms with Gasteiger partial charge in [0.15, 0.2) is 11.4 Å². The third kappa shape index (κ3) is 2.91. The number of carbonyl (C=O) groups is 1. The van der Waals surface area contributed by atoms with Crippen molar-refractivity contribution in [2.75, 3.05) is 4.90 Å². The van der Waals surface area contributed by atoms with Crippen LogP contribution >= 0.6 is 0 Å². The Kier molecular flexibility index (Phi) is 4.42. The molecule has 152 valence electrons. The average Bonchev–Trinajstić information content (AvgIpc) is 3.42. The number of hydrogen-bond acceptors (Lipinski definition) is 4. The average molecular weight is 400 g/mol. The predicted molar refractivity (Wildman–Crippen MR) is 117 cm³/mol. The van der Waals surface area contributed by atoms with Crippen LogP contribution in [0.5, 0.6) is 0 Å². The monoisotopic (exact) mass is 400 g/mol. The molecular weight excluding hydrogens is 376 g/mol. The van der Waals surface area contributed by atoms with E-state index in [9.17, 15) is 4.79 Å². The first kappa shape index (κ1) is 18.6. The number of anilines is 1. The molecule has 0 saturated carbocycles. The minimum Gasteiger partial charge on any atom is -0.463 e. The van der Waals surface area contributed by atoms with Crippen molar-refractivity contribution in [1.29, 1.82) is 0 Å². The molecule has 1 atom stereocenters. The molecule has 0 fully saturated rings. The molecule has 1 aliphatic rings. The third-order valence-electron chi connectivity index (χ3n) is 5.80. The van der Waals surface area contributed by atoms with Crippen LogP contribution in [0.15, 0.2) is 59.3 Å². The fourth-order valence-corrected chi connectivity index (χ4v) is 4.25. The predicted octanol–water partition coefficient (Wildman–Crippen LogP) is 5.25. The number of aromatic nitrogens is 3. The Balaban J connectivity index is 1.71. The summed E-state index contributed by atoms with van der Waals surface area (Å²) in [4.78, 5) is 20.6. The van der Waals surface area contributed by atoms with Crippen molar-refractivity contribution in [2.24, 2.45) is 0 Å². The number of fused-ring (bicyclic) bond motifs is 2. The number of hydrogen-bond donors (Lipinski definition) is 0. The summed E-state index contributed by atoms with van der Waals surface area (Å²) in [7, 11) is 0. The minimum atomic E-state index is -0.0295. The molecule has 30 heavy (non-hydrogen) atoms. The van der Waals surface area contributed by atoms with Gasteiger partial charge in [-0.15, -0.1) is 0 Å². The second-order valence-corrected chi connectivity index (χ2v) is 8.14. The largest absolute Gasteiger partial charge is 0.463 e. The standard InChI is InChI=1S/C24H24N4O2/c1-15(2)28-23-19(14-25-28)18(13-20(26-23)22-9-6-12-30-22)24(29)27-16(3)10-11-17-7-4-5-8-21(17)27/h4-9,12-16H,10-11H2,1-3H3. The highest BCUT2D eigenvalue weighted by molar-refractivity contribution is 6.14. The van der Waals surface area contributed by atoms with Gasteiger partial charge in [-0.3, -0.25) is 4.79 Å². The topological polar surface area (TPSA) is 64.2 Å². The zero-order valence-electron chi connectivity index (χ0n) is 17.4. The highest BCUT2D eigenvalue weighted by Crippen LogP contribution is 2.34. The Labute approximate surface area is 175 Å². The van der Waals surface area contributed by atoms with Gasteiger partial charge in [0.25, 0.3) is 5.91 Å². The Bertz CT molecular complexity index is 1220. The normalized spacial score (nSPS) is 16.3. The molecule has 1 unspecified atom stereocenters. The molecule has 1 amide bonds. The molecule has 4 aromatic rings. The zero-order chi connectivity index (χ0) is 20.8. The van der Waals surface area contributed by atoms with Gasteiger partial charge < -0.3 is 9.32 Å². The van der Waals surface area contributed by atoms with Crippen LogP contribution in [0.2, 0.25) is 0 Å². The van der Waals surface area contributed by atoms with Crippen molar-refractivity contribution in [2.45, 2.75) is 45.7 Å². The van der Waals surface area contributed by atoms with Crippen molar-refractivity contribution < 1.29 is 9.21 Å². The lowest BCUT2D eigenvalue weighted by atomic mass is 9.95. The van der Waals surface area contributed by atoms with Gasteiger partial charge in [-0.2, -0.15) is 5.10 Å². The summed E-state index contributed by atoms with van der Waals surface area (Å²) in [5.74, 6) is 0.604. The highest BCUT2D eigenvalue weighted by atomic mass is 16.3. The Morgan fingerprint density at radius 1 is 1.20 bits per heavy atom. The summed E-state index contributed by atoms with van der Waals surface area (Å²) in [6.07, 6.45) is 5.29. The summed E-state index contributed by atoms with van der Waals surface area (Å²) < 4.78 is 7.44. The number of carbonyl (C=O) groups excluding carboxylic acids is 1. The number of pyridine rings is 1. The van der Waals surface area contributed by atoms with E-state index in [-0.39, 0.29) is 18.0 Å². The number of nitrogens with zero attached hydrogens (tertiary/aromatic N) is 4. The fraction of sp³-hybridized carbons (Fsp3) is 0.292. The van der Waals surface area contributed by atoms with Crippen molar-refractivity contribution in [3.8, 4) is 11.5 Å². The molecule has 1 aliphatic heterocycles. The van der Waals surface area contributed by atoms with Crippen LogP contribution in [0, 0.1) is 0 Å². The van der Waals surface area contributed by atoms with Crippen LogP contribution in [-0.2, 0) is 6.42 Å². The van der Waals surface area contributed by atoms with E-state index >= 15 is 0 Å². The van der Waals surface area contributed by atoms with E-state index in [1.165, 1.54) is 5.56 Å². The van der Waals surface area contributed by atoms with Gasteiger partial charge in [-0.1, -0.05) is 18.2 Å². The second kappa shape index (κ2) is 7.13. The fourth-order valence-electron chi connectivity index (χ4n) is 4.25. The highest BCUT2D eigenvalue weighted by Gasteiger charge is 2.31. The Hall–Kier alpha value is -3.41. The van der Waals surface area contributed by atoms with E-state index in [1.54, 1.807) is 12.5 Å². The minimum absolute atomic E-state index is 0.0295. The number of benzene rings is 1. The number of rotatable bonds is 3. The molecule has 0 saturated heterocycles. The van der Waals surface area contributed by atoms with Crippen molar-refractivity contribution in [3.63, 3.8) is 0 Å². The molecule has 0 bridgehead atoms. The molecule has 6 nitrogen and oxygen atoms in total. The van der Waals surface area contributed by atoms with Crippen LogP contribution in [0.4, 0.5) is 5.69 Å². The van der Waals surface area contributed by atoms with Crippen molar-refractivity contribution in [3.05, 3.63) is 66.1 Å². The van der Waals surface area contributed by atoms with E-state index < -0.39 is 0 Å². The van der Waals surface area contributed by atoms with E-state index in [4.69, 9.17) is 9.40 Å².